The Morgan fingerprint density at radius 2 is 1.84 bits per heavy atom. The number of rotatable bonds is 7. The second-order valence-electron chi connectivity index (χ2n) is 7.96. The molecule has 5 rings (SSSR count). The zero-order chi connectivity index (χ0) is 21.9. The molecule has 0 spiro atoms. The summed E-state index contributed by atoms with van der Waals surface area (Å²) in [5, 5.41) is 14.0. The predicted octanol–water partition coefficient (Wildman–Crippen LogP) is 4.93. The van der Waals surface area contributed by atoms with Crippen molar-refractivity contribution in [1.29, 1.82) is 0 Å². The number of nitrogens with zero attached hydrogens (tertiary/aromatic N) is 1. The third-order valence-electron chi connectivity index (χ3n) is 5.83. The molecule has 0 saturated heterocycles. The summed E-state index contributed by atoms with van der Waals surface area (Å²) < 4.78 is 13.0. The molecular weight excluding hydrogens is 403 g/mol. The molecule has 0 fully saturated rings. The summed E-state index contributed by atoms with van der Waals surface area (Å²) in [7, 11) is 0. The van der Waals surface area contributed by atoms with Crippen molar-refractivity contribution in [1.82, 2.24) is 20.5 Å². The first-order chi connectivity index (χ1) is 15.7. The Kier molecular flexibility index (Phi) is 5.52. The summed E-state index contributed by atoms with van der Waals surface area (Å²) in [6.07, 6.45) is 7.17. The van der Waals surface area contributed by atoms with Crippen LogP contribution in [0.4, 0.5) is 4.39 Å². The normalized spacial score (nSPS) is 11.4. The lowest BCUT2D eigenvalue weighted by molar-refractivity contribution is 0.622. The van der Waals surface area contributed by atoms with Gasteiger partial charge in [-0.15, -0.1) is 0 Å². The number of hydrogen-bond donors (Lipinski definition) is 3. The van der Waals surface area contributed by atoms with Crippen LogP contribution in [0.2, 0.25) is 0 Å². The van der Waals surface area contributed by atoms with Gasteiger partial charge in [-0.05, 0) is 76.5 Å². The van der Waals surface area contributed by atoms with Crippen LogP contribution in [0.25, 0.3) is 32.7 Å². The Labute approximate surface area is 184 Å². The highest BCUT2D eigenvalue weighted by atomic mass is 19.1. The monoisotopic (exact) mass is 426 g/mol. The molecule has 0 atom stereocenters. The number of fused-ring (bicyclic) bond motifs is 3. The number of H-pyrrole nitrogens is 2. The maximum absolute atomic E-state index is 13.0. The van der Waals surface area contributed by atoms with Gasteiger partial charge in [0, 0.05) is 24.5 Å². The van der Waals surface area contributed by atoms with Crippen molar-refractivity contribution < 1.29 is 4.39 Å². The van der Waals surface area contributed by atoms with E-state index in [9.17, 15) is 9.18 Å². The van der Waals surface area contributed by atoms with Gasteiger partial charge in [-0.3, -0.25) is 9.89 Å². The van der Waals surface area contributed by atoms with Crippen LogP contribution in [0.3, 0.4) is 0 Å². The summed E-state index contributed by atoms with van der Waals surface area (Å²) in [5.41, 5.74) is 4.22. The third kappa shape index (κ3) is 4.05. The van der Waals surface area contributed by atoms with Gasteiger partial charge in [0.2, 0.25) is 0 Å². The molecule has 32 heavy (non-hydrogen) atoms. The lowest BCUT2D eigenvalue weighted by Crippen LogP contribution is -2.15. The van der Waals surface area contributed by atoms with E-state index in [1.54, 1.807) is 24.5 Å². The predicted molar refractivity (Wildman–Crippen MR) is 126 cm³/mol. The number of aromatic amines is 2. The van der Waals surface area contributed by atoms with Gasteiger partial charge < -0.3 is 10.3 Å². The fraction of sp³-hybridized carbons (Fsp3) is 0.154. The van der Waals surface area contributed by atoms with E-state index in [2.05, 4.69) is 44.8 Å². The zero-order valence-corrected chi connectivity index (χ0v) is 17.5. The second-order valence-corrected chi connectivity index (χ2v) is 7.96. The molecule has 0 aliphatic heterocycles. The fourth-order valence-corrected chi connectivity index (χ4v) is 4.22. The molecule has 0 bridgehead atoms. The number of pyridine rings is 1. The molecule has 5 aromatic rings. The summed E-state index contributed by atoms with van der Waals surface area (Å²) >= 11 is 0. The number of hydrogen-bond acceptors (Lipinski definition) is 3. The molecule has 160 valence electrons. The van der Waals surface area contributed by atoms with Gasteiger partial charge in [0.05, 0.1) is 11.6 Å². The lowest BCUT2D eigenvalue weighted by atomic mass is 9.93. The zero-order valence-electron chi connectivity index (χ0n) is 17.5. The van der Waals surface area contributed by atoms with E-state index in [1.807, 2.05) is 12.3 Å². The molecule has 2 aromatic heterocycles. The quantitative estimate of drug-likeness (QED) is 0.255. The van der Waals surface area contributed by atoms with Crippen LogP contribution in [0, 0.1) is 5.82 Å². The molecule has 3 aromatic carbocycles. The second kappa shape index (κ2) is 8.77. The number of aromatic nitrogens is 3. The topological polar surface area (TPSA) is 73.6 Å². The Morgan fingerprint density at radius 1 is 0.969 bits per heavy atom. The summed E-state index contributed by atoms with van der Waals surface area (Å²) in [4.78, 5) is 15.5. The highest BCUT2D eigenvalue weighted by Crippen LogP contribution is 2.31. The average molecular weight is 426 g/mol. The largest absolute Gasteiger partial charge is 0.329 e. The van der Waals surface area contributed by atoms with E-state index in [0.717, 1.165) is 52.2 Å². The molecule has 0 aliphatic carbocycles. The van der Waals surface area contributed by atoms with E-state index in [0.29, 0.717) is 11.9 Å². The molecule has 0 radical (unpaired) electrons. The summed E-state index contributed by atoms with van der Waals surface area (Å²) in [5.74, 6) is -0.216. The van der Waals surface area contributed by atoms with Crippen molar-refractivity contribution in [2.45, 2.75) is 19.4 Å². The molecule has 2 heterocycles. The van der Waals surface area contributed by atoms with Crippen LogP contribution in [-0.2, 0) is 13.0 Å². The molecule has 0 aliphatic rings. The minimum atomic E-state index is -0.216. The van der Waals surface area contributed by atoms with Gasteiger partial charge in [0.1, 0.15) is 5.82 Å². The molecule has 0 saturated carbocycles. The highest BCUT2D eigenvalue weighted by Gasteiger charge is 2.11. The van der Waals surface area contributed by atoms with Crippen LogP contribution in [0.5, 0.6) is 0 Å². The first-order valence-electron chi connectivity index (χ1n) is 10.7. The van der Waals surface area contributed by atoms with Crippen molar-refractivity contribution in [3.63, 3.8) is 0 Å². The van der Waals surface area contributed by atoms with Crippen LogP contribution in [-0.4, -0.2) is 21.7 Å². The standard InChI is InChI=1S/C26H23FN4O/c27-22-6-3-17(4-7-22)14-28-10-1-2-19-12-20-9-11-29-26(32)25(20)24-13-18(5-8-23(19)24)21-15-30-31-16-21/h3-9,11-13,15-16,28H,1-2,10,14H2,(H,29,32)(H,30,31). The van der Waals surface area contributed by atoms with E-state index < -0.39 is 0 Å². The molecule has 0 amide bonds. The van der Waals surface area contributed by atoms with Gasteiger partial charge in [-0.1, -0.05) is 30.3 Å². The number of nitrogens with one attached hydrogen (secondary N) is 3. The van der Waals surface area contributed by atoms with Crippen molar-refractivity contribution >= 4 is 21.5 Å². The minimum absolute atomic E-state index is 0.0793. The maximum atomic E-state index is 13.0. The van der Waals surface area contributed by atoms with Crippen LogP contribution in [0.15, 0.2) is 78.0 Å². The van der Waals surface area contributed by atoms with Gasteiger partial charge in [-0.2, -0.15) is 5.10 Å². The lowest BCUT2D eigenvalue weighted by Gasteiger charge is -2.12. The Morgan fingerprint density at radius 3 is 2.66 bits per heavy atom. The van der Waals surface area contributed by atoms with E-state index in [1.165, 1.54) is 17.7 Å². The molecule has 3 N–H and O–H groups in total. The first-order valence-corrected chi connectivity index (χ1v) is 10.7. The van der Waals surface area contributed by atoms with Crippen molar-refractivity contribution in [2.24, 2.45) is 0 Å². The van der Waals surface area contributed by atoms with Crippen LogP contribution < -0.4 is 10.9 Å². The van der Waals surface area contributed by atoms with E-state index in [4.69, 9.17) is 0 Å². The number of halogens is 1. The van der Waals surface area contributed by atoms with Crippen molar-refractivity contribution in [2.75, 3.05) is 6.54 Å². The smallest absolute Gasteiger partial charge is 0.256 e. The van der Waals surface area contributed by atoms with Crippen LogP contribution >= 0.6 is 0 Å². The van der Waals surface area contributed by atoms with Crippen LogP contribution in [0.1, 0.15) is 17.5 Å². The third-order valence-corrected chi connectivity index (χ3v) is 5.83. The van der Waals surface area contributed by atoms with Gasteiger partial charge in [-0.25, -0.2) is 4.39 Å². The first kappa shape index (κ1) is 20.2. The minimum Gasteiger partial charge on any atom is -0.329 e. The SMILES string of the molecule is O=c1[nH]ccc2cc(CCCNCc3ccc(F)cc3)c3ccc(-c4cn[nH]c4)cc3c12. The summed E-state index contributed by atoms with van der Waals surface area (Å²) in [6.45, 7) is 1.56. The van der Waals surface area contributed by atoms with Gasteiger partial charge in [0.15, 0.2) is 0 Å². The van der Waals surface area contributed by atoms with E-state index >= 15 is 0 Å². The Hall–Kier alpha value is -3.77. The molecule has 6 heteroatoms. The van der Waals surface area contributed by atoms with Crippen molar-refractivity contribution in [3.8, 4) is 11.1 Å². The van der Waals surface area contributed by atoms with Gasteiger partial charge in [0.25, 0.3) is 5.56 Å². The number of benzene rings is 3. The molecule has 5 nitrogen and oxygen atoms in total. The van der Waals surface area contributed by atoms with Gasteiger partial charge >= 0.3 is 0 Å². The summed E-state index contributed by atoms with van der Waals surface area (Å²) in [6, 6.07) is 16.9. The molecular formula is C26H23FN4O. The van der Waals surface area contributed by atoms with Crippen molar-refractivity contribution in [3.05, 3.63) is 100 Å². The Bertz CT molecular complexity index is 1420. The van der Waals surface area contributed by atoms with E-state index in [-0.39, 0.29) is 11.4 Å². The number of aryl methyl sites for hydroxylation is 1. The molecule has 0 unspecified atom stereocenters. The maximum Gasteiger partial charge on any atom is 0.256 e. The Balaban J connectivity index is 1.40. The highest BCUT2D eigenvalue weighted by molar-refractivity contribution is 6.09. The fourth-order valence-electron chi connectivity index (χ4n) is 4.22. The average Bonchev–Trinajstić information content (AvgIpc) is 3.35.